The highest BCUT2D eigenvalue weighted by atomic mass is 19.1. The Morgan fingerprint density at radius 3 is 2.89 bits per heavy atom. The van der Waals surface area contributed by atoms with Crippen LogP contribution < -0.4 is 0 Å². The van der Waals surface area contributed by atoms with Crippen LogP contribution in [0.25, 0.3) is 0 Å². The van der Waals surface area contributed by atoms with E-state index in [9.17, 15) is 14.0 Å². The van der Waals surface area contributed by atoms with Crippen molar-refractivity contribution in [3.63, 3.8) is 0 Å². The maximum Gasteiger partial charge on any atom is 0.247 e. The fourth-order valence-corrected chi connectivity index (χ4v) is 3.63. The molecular weight excluding hydrogens is 347 g/mol. The van der Waals surface area contributed by atoms with Crippen molar-refractivity contribution in [2.75, 3.05) is 20.1 Å². The number of benzene rings is 1. The molecule has 1 fully saturated rings. The number of hydrogen-bond donors (Lipinski definition) is 0. The smallest absolute Gasteiger partial charge is 0.247 e. The molecule has 1 saturated heterocycles. The van der Waals surface area contributed by atoms with E-state index >= 15 is 0 Å². The van der Waals surface area contributed by atoms with E-state index < -0.39 is 6.04 Å². The number of aromatic nitrogens is 2. The van der Waals surface area contributed by atoms with Crippen LogP contribution in [-0.4, -0.2) is 57.6 Å². The molecule has 3 rings (SSSR count). The minimum atomic E-state index is -0.459. The molecule has 6 nitrogen and oxygen atoms in total. The molecular formula is C20H25FN4O2. The van der Waals surface area contributed by atoms with E-state index in [2.05, 4.69) is 5.10 Å². The van der Waals surface area contributed by atoms with E-state index in [0.717, 1.165) is 18.4 Å². The fourth-order valence-electron chi connectivity index (χ4n) is 3.63. The van der Waals surface area contributed by atoms with E-state index in [0.29, 0.717) is 13.0 Å². The van der Waals surface area contributed by atoms with E-state index in [-0.39, 0.29) is 30.2 Å². The zero-order chi connectivity index (χ0) is 19.4. The van der Waals surface area contributed by atoms with Crippen LogP contribution in [0.1, 0.15) is 31.4 Å². The van der Waals surface area contributed by atoms with Crippen LogP contribution in [0.4, 0.5) is 4.39 Å². The zero-order valence-electron chi connectivity index (χ0n) is 15.7. The van der Waals surface area contributed by atoms with Gasteiger partial charge in [-0.1, -0.05) is 12.1 Å². The average Bonchev–Trinajstić information content (AvgIpc) is 3.32. The summed E-state index contributed by atoms with van der Waals surface area (Å²) in [7, 11) is 1.64. The Kier molecular flexibility index (Phi) is 5.88. The maximum absolute atomic E-state index is 13.4. The summed E-state index contributed by atoms with van der Waals surface area (Å²) in [5.74, 6) is -0.494. The molecule has 1 aromatic heterocycles. The van der Waals surface area contributed by atoms with Gasteiger partial charge in [-0.15, -0.1) is 0 Å². The minimum Gasteiger partial charge on any atom is -0.338 e. The monoisotopic (exact) mass is 372 g/mol. The van der Waals surface area contributed by atoms with Gasteiger partial charge in [-0.25, -0.2) is 4.39 Å². The topological polar surface area (TPSA) is 58.4 Å². The summed E-state index contributed by atoms with van der Waals surface area (Å²) in [5, 5.41) is 4.09. The lowest BCUT2D eigenvalue weighted by molar-refractivity contribution is -0.141. The van der Waals surface area contributed by atoms with E-state index in [4.69, 9.17) is 0 Å². The highest BCUT2D eigenvalue weighted by Crippen LogP contribution is 2.22. The Bertz CT molecular complexity index is 793. The molecule has 0 N–H and O–H groups in total. The largest absolute Gasteiger partial charge is 0.338 e. The third-order valence-electron chi connectivity index (χ3n) is 5.09. The molecule has 0 radical (unpaired) electrons. The first-order chi connectivity index (χ1) is 13.0. The van der Waals surface area contributed by atoms with Crippen molar-refractivity contribution in [2.45, 2.75) is 38.3 Å². The first-order valence-electron chi connectivity index (χ1n) is 9.23. The van der Waals surface area contributed by atoms with Gasteiger partial charge in [-0.3, -0.25) is 14.3 Å². The quantitative estimate of drug-likeness (QED) is 0.782. The molecule has 27 heavy (non-hydrogen) atoms. The van der Waals surface area contributed by atoms with Gasteiger partial charge >= 0.3 is 0 Å². The molecule has 2 amide bonds. The molecule has 0 saturated carbocycles. The second kappa shape index (κ2) is 8.33. The van der Waals surface area contributed by atoms with Crippen LogP contribution in [-0.2, 0) is 16.0 Å². The lowest BCUT2D eigenvalue weighted by Crippen LogP contribution is -2.45. The summed E-state index contributed by atoms with van der Waals surface area (Å²) < 4.78 is 15.0. The third-order valence-corrected chi connectivity index (χ3v) is 5.09. The number of nitrogens with zero attached hydrogens (tertiary/aromatic N) is 4. The molecule has 0 unspecified atom stereocenters. The molecule has 1 aliphatic rings. The molecule has 1 aliphatic heterocycles. The van der Waals surface area contributed by atoms with Crippen molar-refractivity contribution in [3.8, 4) is 0 Å². The van der Waals surface area contributed by atoms with Gasteiger partial charge in [0.05, 0.1) is 6.54 Å². The van der Waals surface area contributed by atoms with Gasteiger partial charge in [-0.05, 0) is 49.9 Å². The summed E-state index contributed by atoms with van der Waals surface area (Å²) in [6.07, 6.45) is 5.80. The second-order valence-electron chi connectivity index (χ2n) is 7.07. The van der Waals surface area contributed by atoms with E-state index in [1.54, 1.807) is 43.2 Å². The van der Waals surface area contributed by atoms with Crippen molar-refractivity contribution < 1.29 is 14.0 Å². The molecule has 2 atom stereocenters. The Balaban J connectivity index is 1.59. The summed E-state index contributed by atoms with van der Waals surface area (Å²) in [6.45, 7) is 2.47. The van der Waals surface area contributed by atoms with E-state index in [1.165, 1.54) is 17.0 Å². The zero-order valence-corrected chi connectivity index (χ0v) is 15.7. The first-order valence-corrected chi connectivity index (χ1v) is 9.23. The molecule has 0 spiro atoms. The molecule has 2 heterocycles. The number of amides is 2. The lowest BCUT2D eigenvalue weighted by atomic mass is 10.0. The van der Waals surface area contributed by atoms with Crippen LogP contribution in [0.15, 0.2) is 42.7 Å². The SMILES string of the molecule is C[C@@H](C(=O)N(C)CC(=O)N1CCC[C@H]1Cc1cccc(F)c1)n1cccn1. The fraction of sp³-hybridized carbons (Fsp3) is 0.450. The van der Waals surface area contributed by atoms with Crippen LogP contribution in [0.2, 0.25) is 0 Å². The van der Waals surface area contributed by atoms with Gasteiger partial charge < -0.3 is 9.80 Å². The van der Waals surface area contributed by atoms with Gasteiger partial charge in [0.25, 0.3) is 0 Å². The van der Waals surface area contributed by atoms with Gasteiger partial charge in [-0.2, -0.15) is 5.10 Å². The Morgan fingerprint density at radius 2 is 2.19 bits per heavy atom. The highest BCUT2D eigenvalue weighted by Gasteiger charge is 2.30. The number of halogens is 1. The standard InChI is InChI=1S/C20H25FN4O2/c1-15(25-11-5-9-22-25)20(27)23(2)14-19(26)24-10-4-8-18(24)13-16-6-3-7-17(21)12-16/h3,5-7,9,11-12,15,18H,4,8,10,13-14H2,1-2H3/t15-,18-/m0/s1. The highest BCUT2D eigenvalue weighted by molar-refractivity contribution is 5.86. The molecule has 0 aliphatic carbocycles. The van der Waals surface area contributed by atoms with Crippen LogP contribution in [0.3, 0.4) is 0 Å². The predicted molar refractivity (Wildman–Crippen MR) is 99.4 cm³/mol. The van der Waals surface area contributed by atoms with Crippen molar-refractivity contribution in [1.82, 2.24) is 19.6 Å². The number of likely N-dealkylation sites (tertiary alicyclic amines) is 1. The summed E-state index contributed by atoms with van der Waals surface area (Å²) in [4.78, 5) is 28.6. The summed E-state index contributed by atoms with van der Waals surface area (Å²) >= 11 is 0. The molecule has 2 aromatic rings. The number of carbonyl (C=O) groups is 2. The Morgan fingerprint density at radius 1 is 1.37 bits per heavy atom. The van der Waals surface area contributed by atoms with Crippen molar-refractivity contribution in [2.24, 2.45) is 0 Å². The van der Waals surface area contributed by atoms with Crippen LogP contribution >= 0.6 is 0 Å². The van der Waals surface area contributed by atoms with E-state index in [1.807, 2.05) is 11.0 Å². The molecule has 0 bridgehead atoms. The normalized spacial score (nSPS) is 17.7. The predicted octanol–water partition coefficient (Wildman–Crippen LogP) is 2.28. The van der Waals surface area contributed by atoms with Crippen molar-refractivity contribution in [3.05, 3.63) is 54.1 Å². The maximum atomic E-state index is 13.4. The number of carbonyl (C=O) groups excluding carboxylic acids is 2. The van der Waals surface area contributed by atoms with Gasteiger partial charge in [0.1, 0.15) is 11.9 Å². The second-order valence-corrected chi connectivity index (χ2v) is 7.07. The summed E-state index contributed by atoms with van der Waals surface area (Å²) in [6, 6.07) is 7.85. The third kappa shape index (κ3) is 4.53. The van der Waals surface area contributed by atoms with Crippen LogP contribution in [0.5, 0.6) is 0 Å². The lowest BCUT2D eigenvalue weighted by Gasteiger charge is -2.28. The van der Waals surface area contributed by atoms with Crippen molar-refractivity contribution in [1.29, 1.82) is 0 Å². The number of hydrogen-bond acceptors (Lipinski definition) is 3. The summed E-state index contributed by atoms with van der Waals surface area (Å²) in [5.41, 5.74) is 0.886. The number of likely N-dealkylation sites (N-methyl/N-ethyl adjacent to an activating group) is 1. The average molecular weight is 372 g/mol. The number of rotatable bonds is 6. The van der Waals surface area contributed by atoms with Gasteiger partial charge in [0.2, 0.25) is 11.8 Å². The Hall–Kier alpha value is -2.70. The molecule has 1 aromatic carbocycles. The van der Waals surface area contributed by atoms with Gasteiger partial charge in [0, 0.05) is 32.0 Å². The van der Waals surface area contributed by atoms with Crippen molar-refractivity contribution >= 4 is 11.8 Å². The van der Waals surface area contributed by atoms with Gasteiger partial charge in [0.15, 0.2) is 0 Å². The van der Waals surface area contributed by atoms with Crippen LogP contribution in [0, 0.1) is 5.82 Å². The molecule has 7 heteroatoms. The minimum absolute atomic E-state index is 0.0318. The Labute approximate surface area is 158 Å². The first kappa shape index (κ1) is 19.1. The molecule has 144 valence electrons.